The molecule has 104 valence electrons. The van der Waals surface area contributed by atoms with Crippen LogP contribution in [0.1, 0.15) is 57.1 Å². The summed E-state index contributed by atoms with van der Waals surface area (Å²) in [5.41, 5.74) is 8.58. The summed E-state index contributed by atoms with van der Waals surface area (Å²) >= 11 is 0. The average molecular weight is 258 g/mol. The molecule has 2 unspecified atom stereocenters. The van der Waals surface area contributed by atoms with Crippen LogP contribution in [-0.4, -0.2) is 12.6 Å². The largest absolute Gasteiger partial charge is 0.368 e. The van der Waals surface area contributed by atoms with Gasteiger partial charge in [-0.25, -0.2) is 0 Å². The third kappa shape index (κ3) is 2.64. The van der Waals surface area contributed by atoms with Crippen molar-refractivity contribution in [3.63, 3.8) is 0 Å². The molecule has 2 nitrogen and oxygen atoms in total. The van der Waals surface area contributed by atoms with Gasteiger partial charge in [0.15, 0.2) is 0 Å². The molecule has 3 atom stereocenters. The Morgan fingerprint density at radius 2 is 1.74 bits per heavy atom. The average Bonchev–Trinajstić information content (AvgIpc) is 2.47. The Morgan fingerprint density at radius 1 is 1.05 bits per heavy atom. The van der Waals surface area contributed by atoms with E-state index in [2.05, 4.69) is 29.2 Å². The zero-order valence-electron chi connectivity index (χ0n) is 12.0. The molecule has 0 amide bonds. The van der Waals surface area contributed by atoms with Gasteiger partial charge in [0.25, 0.3) is 0 Å². The van der Waals surface area contributed by atoms with E-state index in [9.17, 15) is 0 Å². The number of anilines is 1. The molecule has 2 N–H and O–H groups in total. The second kappa shape index (κ2) is 5.54. The third-order valence-corrected chi connectivity index (χ3v) is 4.99. The van der Waals surface area contributed by atoms with Crippen molar-refractivity contribution in [1.82, 2.24) is 0 Å². The fraction of sp³-hybridized carbons (Fsp3) is 0.647. The molecule has 0 bridgehead atoms. The number of benzene rings is 1. The number of fused-ring (bicyclic) bond motifs is 1. The van der Waals surface area contributed by atoms with Gasteiger partial charge >= 0.3 is 0 Å². The van der Waals surface area contributed by atoms with Crippen LogP contribution in [0.3, 0.4) is 0 Å². The van der Waals surface area contributed by atoms with Crippen LogP contribution in [-0.2, 0) is 0 Å². The number of nitrogens with two attached hydrogens (primary N) is 1. The summed E-state index contributed by atoms with van der Waals surface area (Å²) in [7, 11) is 0. The maximum absolute atomic E-state index is 5.93. The van der Waals surface area contributed by atoms with Gasteiger partial charge in [-0.05, 0) is 56.2 Å². The van der Waals surface area contributed by atoms with Gasteiger partial charge in [0, 0.05) is 24.3 Å². The molecule has 19 heavy (non-hydrogen) atoms. The highest BCUT2D eigenvalue weighted by molar-refractivity contribution is 5.49. The highest BCUT2D eigenvalue weighted by atomic mass is 15.2. The lowest BCUT2D eigenvalue weighted by Gasteiger charge is -2.45. The highest BCUT2D eigenvalue weighted by Crippen LogP contribution is 2.37. The quantitative estimate of drug-likeness (QED) is 0.872. The molecule has 1 aromatic rings. The van der Waals surface area contributed by atoms with Crippen LogP contribution < -0.4 is 10.6 Å². The van der Waals surface area contributed by atoms with Gasteiger partial charge in [-0.1, -0.05) is 25.0 Å². The van der Waals surface area contributed by atoms with Gasteiger partial charge in [-0.2, -0.15) is 0 Å². The number of piperidine rings is 1. The van der Waals surface area contributed by atoms with Gasteiger partial charge in [-0.3, -0.25) is 0 Å². The predicted octanol–water partition coefficient (Wildman–Crippen LogP) is 3.87. The standard InChI is InChI=1S/C17H26N2/c1-13(18)14-8-10-16(11-9-14)19-12-4-6-15-5-2-3-7-17(15)19/h8-11,13,15,17H,2-7,12,18H2,1H3/t13-,15?,17?/m0/s1. The number of hydrogen-bond acceptors (Lipinski definition) is 2. The lowest BCUT2D eigenvalue weighted by molar-refractivity contribution is 0.244. The van der Waals surface area contributed by atoms with Crippen LogP contribution in [0.5, 0.6) is 0 Å². The first kappa shape index (κ1) is 13.0. The van der Waals surface area contributed by atoms with Crippen molar-refractivity contribution in [2.45, 2.75) is 57.5 Å². The van der Waals surface area contributed by atoms with Crippen molar-refractivity contribution in [2.24, 2.45) is 11.7 Å². The first-order chi connectivity index (χ1) is 9.25. The van der Waals surface area contributed by atoms with Crippen molar-refractivity contribution < 1.29 is 0 Å². The minimum absolute atomic E-state index is 0.137. The molecule has 1 heterocycles. The molecule has 2 heteroatoms. The second-order valence-electron chi connectivity index (χ2n) is 6.33. The first-order valence-corrected chi connectivity index (χ1v) is 7.88. The fourth-order valence-corrected chi connectivity index (χ4v) is 3.91. The topological polar surface area (TPSA) is 29.3 Å². The lowest BCUT2D eigenvalue weighted by Crippen LogP contribution is -2.46. The zero-order valence-corrected chi connectivity index (χ0v) is 12.0. The molecule has 1 saturated heterocycles. The molecule has 2 aliphatic rings. The molecular weight excluding hydrogens is 232 g/mol. The van der Waals surface area contributed by atoms with Gasteiger partial charge < -0.3 is 10.6 Å². The molecule has 2 fully saturated rings. The fourth-order valence-electron chi connectivity index (χ4n) is 3.91. The highest BCUT2D eigenvalue weighted by Gasteiger charge is 2.33. The van der Waals surface area contributed by atoms with E-state index in [0.717, 1.165) is 12.0 Å². The van der Waals surface area contributed by atoms with E-state index >= 15 is 0 Å². The molecule has 1 aliphatic carbocycles. The maximum Gasteiger partial charge on any atom is 0.0369 e. The zero-order chi connectivity index (χ0) is 13.2. The molecule has 0 spiro atoms. The van der Waals surface area contributed by atoms with E-state index in [1.807, 2.05) is 6.92 Å². The molecule has 0 aromatic heterocycles. The Morgan fingerprint density at radius 3 is 2.47 bits per heavy atom. The van der Waals surface area contributed by atoms with Gasteiger partial charge in [0.2, 0.25) is 0 Å². The Hall–Kier alpha value is -1.02. The van der Waals surface area contributed by atoms with Crippen LogP contribution >= 0.6 is 0 Å². The normalized spacial score (nSPS) is 28.8. The SMILES string of the molecule is C[C@H](N)c1ccc(N2CCCC3CCCCC32)cc1. The first-order valence-electron chi connectivity index (χ1n) is 7.88. The molecule has 3 rings (SSSR count). The summed E-state index contributed by atoms with van der Waals surface area (Å²) in [6, 6.07) is 9.88. The maximum atomic E-state index is 5.93. The number of hydrogen-bond donors (Lipinski definition) is 1. The van der Waals surface area contributed by atoms with Crippen molar-refractivity contribution in [2.75, 3.05) is 11.4 Å². The molecule has 0 radical (unpaired) electrons. The van der Waals surface area contributed by atoms with Crippen molar-refractivity contribution in [3.05, 3.63) is 29.8 Å². The number of nitrogens with zero attached hydrogens (tertiary/aromatic N) is 1. The minimum Gasteiger partial charge on any atom is -0.368 e. The van der Waals surface area contributed by atoms with E-state index in [4.69, 9.17) is 5.73 Å². The van der Waals surface area contributed by atoms with Crippen molar-refractivity contribution in [3.8, 4) is 0 Å². The van der Waals surface area contributed by atoms with Gasteiger partial charge in [-0.15, -0.1) is 0 Å². The van der Waals surface area contributed by atoms with E-state index in [1.54, 1.807) is 0 Å². The summed E-state index contributed by atoms with van der Waals surface area (Å²) in [5.74, 6) is 0.940. The second-order valence-corrected chi connectivity index (χ2v) is 6.33. The molecule has 1 aliphatic heterocycles. The molecule has 1 saturated carbocycles. The van der Waals surface area contributed by atoms with Crippen LogP contribution in [0, 0.1) is 5.92 Å². The summed E-state index contributed by atoms with van der Waals surface area (Å²) in [6.45, 7) is 3.28. The summed E-state index contributed by atoms with van der Waals surface area (Å²) in [6.07, 6.45) is 8.49. The Balaban J connectivity index is 1.79. The lowest BCUT2D eigenvalue weighted by atomic mass is 9.78. The Bertz CT molecular complexity index is 408. The van der Waals surface area contributed by atoms with Crippen molar-refractivity contribution >= 4 is 5.69 Å². The van der Waals surface area contributed by atoms with Gasteiger partial charge in [0.1, 0.15) is 0 Å². The van der Waals surface area contributed by atoms with Crippen molar-refractivity contribution in [1.29, 1.82) is 0 Å². The smallest absolute Gasteiger partial charge is 0.0369 e. The molecule has 1 aromatic carbocycles. The van der Waals surface area contributed by atoms with E-state index in [0.29, 0.717) is 0 Å². The minimum atomic E-state index is 0.137. The van der Waals surface area contributed by atoms with Crippen LogP contribution in [0.15, 0.2) is 24.3 Å². The van der Waals surface area contributed by atoms with Crippen LogP contribution in [0.25, 0.3) is 0 Å². The summed E-state index contributed by atoms with van der Waals surface area (Å²) < 4.78 is 0. The van der Waals surface area contributed by atoms with Crippen LogP contribution in [0.2, 0.25) is 0 Å². The predicted molar refractivity (Wildman–Crippen MR) is 81.4 cm³/mol. The monoisotopic (exact) mass is 258 g/mol. The summed E-state index contributed by atoms with van der Waals surface area (Å²) in [5, 5.41) is 0. The molecular formula is C17H26N2. The number of rotatable bonds is 2. The van der Waals surface area contributed by atoms with E-state index < -0.39 is 0 Å². The van der Waals surface area contributed by atoms with E-state index in [1.165, 1.54) is 56.3 Å². The third-order valence-electron chi connectivity index (χ3n) is 4.99. The Kier molecular flexibility index (Phi) is 3.79. The van der Waals surface area contributed by atoms with Gasteiger partial charge in [0.05, 0.1) is 0 Å². The summed E-state index contributed by atoms with van der Waals surface area (Å²) in [4.78, 5) is 2.66. The van der Waals surface area contributed by atoms with Crippen LogP contribution in [0.4, 0.5) is 5.69 Å². The Labute approximate surface area is 117 Å². The van der Waals surface area contributed by atoms with E-state index in [-0.39, 0.29) is 6.04 Å².